The summed E-state index contributed by atoms with van der Waals surface area (Å²) in [5.41, 5.74) is 3.13. The van der Waals surface area contributed by atoms with Crippen molar-refractivity contribution in [1.29, 1.82) is 0 Å². The van der Waals surface area contributed by atoms with E-state index >= 15 is 0 Å². The first-order valence-electron chi connectivity index (χ1n) is 9.47. The van der Waals surface area contributed by atoms with Crippen molar-refractivity contribution >= 4 is 34.5 Å². The summed E-state index contributed by atoms with van der Waals surface area (Å²) < 4.78 is 5.74. The summed E-state index contributed by atoms with van der Waals surface area (Å²) in [5, 5.41) is 1.59. The number of hydrogen-bond donors (Lipinski definition) is 1. The minimum absolute atomic E-state index is 0. The van der Waals surface area contributed by atoms with Crippen LogP contribution in [0.5, 0.6) is 5.75 Å². The van der Waals surface area contributed by atoms with Crippen LogP contribution in [0.15, 0.2) is 46.6 Å². The van der Waals surface area contributed by atoms with Crippen molar-refractivity contribution in [2.45, 2.75) is 45.3 Å². The SMILES string of the molecule is CC1=C(C)C(=O)C(CCCOc2ccc(CC3SC(=O)NC3=O)cc2)=C(C)C1=O.[H-].[Na+]. The number of ketones is 2. The third-order valence-corrected chi connectivity index (χ3v) is 6.24. The van der Waals surface area contributed by atoms with Crippen molar-refractivity contribution in [3.63, 3.8) is 0 Å². The Morgan fingerprint density at radius 2 is 1.60 bits per heavy atom. The molecule has 154 valence electrons. The molecule has 1 aromatic carbocycles. The molecule has 1 heterocycles. The maximum absolute atomic E-state index is 12.4. The van der Waals surface area contributed by atoms with Crippen LogP contribution in [0.25, 0.3) is 0 Å². The molecule has 2 aliphatic rings. The van der Waals surface area contributed by atoms with Gasteiger partial charge < -0.3 is 6.16 Å². The van der Waals surface area contributed by atoms with E-state index in [1.165, 1.54) is 0 Å². The van der Waals surface area contributed by atoms with Gasteiger partial charge in [-0.3, -0.25) is 24.5 Å². The van der Waals surface area contributed by atoms with E-state index < -0.39 is 0 Å². The number of ether oxygens (including phenoxy) is 1. The van der Waals surface area contributed by atoms with Crippen molar-refractivity contribution in [1.82, 2.24) is 5.32 Å². The largest absolute Gasteiger partial charge is 1.00 e. The quantitative estimate of drug-likeness (QED) is 0.383. The van der Waals surface area contributed by atoms with Gasteiger partial charge in [-0.1, -0.05) is 23.9 Å². The fourth-order valence-corrected chi connectivity index (χ4v) is 4.22. The van der Waals surface area contributed by atoms with Gasteiger partial charge in [-0.05, 0) is 57.7 Å². The van der Waals surface area contributed by atoms with Crippen LogP contribution in [0.1, 0.15) is 40.6 Å². The summed E-state index contributed by atoms with van der Waals surface area (Å²) in [5.74, 6) is 0.346. The van der Waals surface area contributed by atoms with Crippen LogP contribution >= 0.6 is 11.8 Å². The summed E-state index contributed by atoms with van der Waals surface area (Å²) in [6.07, 6.45) is 1.61. The van der Waals surface area contributed by atoms with E-state index in [1.807, 2.05) is 24.3 Å². The number of allylic oxidation sites excluding steroid dienone is 4. The molecule has 1 aromatic rings. The van der Waals surface area contributed by atoms with Gasteiger partial charge in [0.05, 0.1) is 11.9 Å². The number of benzene rings is 1. The molecule has 0 saturated carbocycles. The Balaban J connectivity index is 0.00000240. The van der Waals surface area contributed by atoms with Crippen molar-refractivity contribution in [2.75, 3.05) is 6.61 Å². The number of carbonyl (C=O) groups excluding carboxylic acids is 4. The van der Waals surface area contributed by atoms with Crippen molar-refractivity contribution in [2.24, 2.45) is 0 Å². The number of thioether (sulfide) groups is 1. The average Bonchev–Trinajstić information content (AvgIpc) is 3.02. The van der Waals surface area contributed by atoms with E-state index in [0.717, 1.165) is 17.3 Å². The molecular weight excluding hydrogens is 413 g/mol. The molecular formula is C22H24NNaO5S. The fraction of sp³-hybridized carbons (Fsp3) is 0.364. The molecule has 0 spiro atoms. The first-order valence-corrected chi connectivity index (χ1v) is 10.4. The zero-order chi connectivity index (χ0) is 21.1. The second-order valence-corrected chi connectivity index (χ2v) is 8.37. The standard InChI is InChI=1S/C22H23NO5S.Na.H/c1-12-13(2)20(25)17(14(3)19(12)24)5-4-10-28-16-8-6-15(7-9-16)11-18-21(26)23-22(27)29-18;;/h6-9,18H,4-5,10-11H2,1-3H3,(H,23,26,27);;/q;+1;-1. The summed E-state index contributed by atoms with van der Waals surface area (Å²) in [6.45, 7) is 5.53. The van der Waals surface area contributed by atoms with Gasteiger partial charge in [-0.25, -0.2) is 0 Å². The van der Waals surface area contributed by atoms with E-state index in [4.69, 9.17) is 4.74 Å². The molecule has 0 aromatic heterocycles. The van der Waals surface area contributed by atoms with Crippen LogP contribution in [0.3, 0.4) is 0 Å². The van der Waals surface area contributed by atoms with Crippen LogP contribution in [0, 0.1) is 0 Å². The smallest absolute Gasteiger partial charge is 1.00 e. The number of carbonyl (C=O) groups is 4. The van der Waals surface area contributed by atoms with Crippen molar-refractivity contribution in [3.8, 4) is 5.75 Å². The predicted octanol–water partition coefficient (Wildman–Crippen LogP) is 0.661. The number of nitrogens with one attached hydrogen (secondary N) is 1. The zero-order valence-corrected chi connectivity index (χ0v) is 20.5. The number of amides is 2. The van der Waals surface area contributed by atoms with E-state index in [0.29, 0.717) is 53.9 Å². The van der Waals surface area contributed by atoms with Gasteiger partial charge in [-0.15, -0.1) is 0 Å². The second-order valence-electron chi connectivity index (χ2n) is 7.20. The third kappa shape index (κ3) is 5.52. The average molecular weight is 437 g/mol. The van der Waals surface area contributed by atoms with E-state index in [2.05, 4.69) is 5.32 Å². The molecule has 3 rings (SSSR count). The first-order chi connectivity index (χ1) is 13.8. The van der Waals surface area contributed by atoms with Gasteiger partial charge in [0.25, 0.3) is 5.24 Å². The molecule has 2 amide bonds. The molecule has 0 bridgehead atoms. The topological polar surface area (TPSA) is 89.5 Å². The second kappa shape index (κ2) is 10.6. The molecule has 1 saturated heterocycles. The number of Topliss-reactive ketones (excluding diaryl/α,β-unsaturated/α-hetero) is 2. The Morgan fingerprint density at radius 1 is 0.967 bits per heavy atom. The molecule has 1 atom stereocenters. The van der Waals surface area contributed by atoms with Gasteiger partial charge in [0.1, 0.15) is 5.75 Å². The minimum Gasteiger partial charge on any atom is -1.00 e. The maximum Gasteiger partial charge on any atom is 1.00 e. The first kappa shape index (κ1) is 24.6. The summed E-state index contributed by atoms with van der Waals surface area (Å²) >= 11 is 1.01. The maximum atomic E-state index is 12.4. The van der Waals surface area contributed by atoms with Crippen LogP contribution in [0.4, 0.5) is 4.79 Å². The molecule has 1 aliphatic heterocycles. The molecule has 1 unspecified atom stereocenters. The molecule has 8 heteroatoms. The Bertz CT molecular complexity index is 955. The third-order valence-electron chi connectivity index (χ3n) is 5.26. The predicted molar refractivity (Wildman–Crippen MR) is 112 cm³/mol. The Hall–Kier alpha value is -1.67. The van der Waals surface area contributed by atoms with Crippen LogP contribution in [-0.4, -0.2) is 34.6 Å². The van der Waals surface area contributed by atoms with Crippen LogP contribution in [0.2, 0.25) is 0 Å². The molecule has 0 radical (unpaired) electrons. The van der Waals surface area contributed by atoms with Crippen LogP contribution < -0.4 is 39.6 Å². The van der Waals surface area contributed by atoms with E-state index in [1.54, 1.807) is 20.8 Å². The summed E-state index contributed by atoms with van der Waals surface area (Å²) in [7, 11) is 0. The minimum atomic E-state index is -0.386. The fourth-order valence-electron chi connectivity index (χ4n) is 3.36. The molecule has 30 heavy (non-hydrogen) atoms. The summed E-state index contributed by atoms with van der Waals surface area (Å²) in [6, 6.07) is 7.40. The van der Waals surface area contributed by atoms with Gasteiger partial charge in [0.15, 0.2) is 11.6 Å². The zero-order valence-electron chi connectivity index (χ0n) is 18.7. The van der Waals surface area contributed by atoms with Gasteiger partial charge >= 0.3 is 29.6 Å². The van der Waals surface area contributed by atoms with Crippen molar-refractivity contribution < 1.29 is 54.9 Å². The molecule has 1 N–H and O–H groups in total. The Labute approximate surface area is 203 Å². The Kier molecular flexibility index (Phi) is 8.67. The summed E-state index contributed by atoms with van der Waals surface area (Å²) in [4.78, 5) is 47.5. The monoisotopic (exact) mass is 437 g/mol. The van der Waals surface area contributed by atoms with E-state index in [9.17, 15) is 19.2 Å². The molecule has 1 fully saturated rings. The van der Waals surface area contributed by atoms with Gasteiger partial charge in [-0.2, -0.15) is 0 Å². The molecule has 6 nitrogen and oxygen atoms in total. The normalized spacial score (nSPS) is 19.2. The van der Waals surface area contributed by atoms with Gasteiger partial charge in [0, 0.05) is 22.3 Å². The number of imide groups is 1. The number of rotatable bonds is 7. The van der Waals surface area contributed by atoms with Crippen LogP contribution in [-0.2, 0) is 20.8 Å². The van der Waals surface area contributed by atoms with Crippen molar-refractivity contribution in [3.05, 3.63) is 52.1 Å². The Morgan fingerprint density at radius 3 is 2.20 bits per heavy atom. The van der Waals surface area contributed by atoms with Gasteiger partial charge in [0.2, 0.25) is 5.91 Å². The number of hydrogen-bond acceptors (Lipinski definition) is 6. The van der Waals surface area contributed by atoms with E-state index in [-0.39, 0.29) is 58.9 Å². The molecule has 1 aliphatic carbocycles.